The lowest BCUT2D eigenvalue weighted by Crippen LogP contribution is -2.15. The first-order valence-corrected chi connectivity index (χ1v) is 8.18. The largest absolute Gasteiger partial charge is 0.309 e. The summed E-state index contributed by atoms with van der Waals surface area (Å²) in [6.45, 7) is 7.62. The molecule has 1 aromatic heterocycles. The van der Waals surface area contributed by atoms with Crippen molar-refractivity contribution in [2.24, 2.45) is 0 Å². The fraction of sp³-hybridized carbons (Fsp3) is 0.471. The van der Waals surface area contributed by atoms with Crippen molar-refractivity contribution in [2.45, 2.75) is 32.2 Å². The van der Waals surface area contributed by atoms with Gasteiger partial charge in [0, 0.05) is 17.7 Å². The van der Waals surface area contributed by atoms with Crippen LogP contribution in [-0.2, 0) is 6.42 Å². The summed E-state index contributed by atoms with van der Waals surface area (Å²) in [5.41, 5.74) is 5.15. The number of thioether (sulfide) groups is 1. The summed E-state index contributed by atoms with van der Waals surface area (Å²) >= 11 is 1.88. The van der Waals surface area contributed by atoms with Crippen LogP contribution in [-0.4, -0.2) is 36.3 Å². The summed E-state index contributed by atoms with van der Waals surface area (Å²) < 4.78 is 0. The maximum atomic E-state index is 4.95. The average Bonchev–Trinajstić information content (AvgIpc) is 2.42. The molecule has 2 rings (SSSR count). The minimum Gasteiger partial charge on any atom is -0.309 e. The fourth-order valence-corrected chi connectivity index (χ4v) is 3.41. The third-order valence-corrected chi connectivity index (χ3v) is 4.72. The Labute approximate surface area is 126 Å². The van der Waals surface area contributed by atoms with Gasteiger partial charge in [-0.3, -0.25) is 0 Å². The Morgan fingerprint density at radius 2 is 1.95 bits per heavy atom. The molecule has 0 saturated heterocycles. The van der Waals surface area contributed by atoms with Gasteiger partial charge in [0.2, 0.25) is 0 Å². The van der Waals surface area contributed by atoms with Gasteiger partial charge in [0.1, 0.15) is 0 Å². The van der Waals surface area contributed by atoms with Crippen LogP contribution in [0.5, 0.6) is 0 Å². The number of nitrogens with zero attached hydrogens (tertiary/aromatic N) is 2. The Kier molecular flexibility index (Phi) is 5.06. The molecular weight excluding hydrogens is 264 g/mol. The highest BCUT2D eigenvalue weighted by molar-refractivity contribution is 7.99. The van der Waals surface area contributed by atoms with E-state index in [1.165, 1.54) is 27.1 Å². The zero-order chi connectivity index (χ0) is 14.7. The van der Waals surface area contributed by atoms with Crippen LogP contribution in [0, 0.1) is 13.8 Å². The second-order valence-corrected chi connectivity index (χ2v) is 6.62. The molecule has 0 unspecified atom stereocenters. The van der Waals surface area contributed by atoms with Gasteiger partial charge in [0.25, 0.3) is 0 Å². The molecule has 0 radical (unpaired) electrons. The van der Waals surface area contributed by atoms with Crippen molar-refractivity contribution in [2.75, 3.05) is 26.4 Å². The SMILES string of the molecule is CCc1cc2ccc(C)c(C)c2nc1SCCN(C)C. The summed E-state index contributed by atoms with van der Waals surface area (Å²) in [6, 6.07) is 6.70. The predicted octanol–water partition coefficient (Wildman–Crippen LogP) is 4.07. The molecule has 0 atom stereocenters. The topological polar surface area (TPSA) is 16.1 Å². The highest BCUT2D eigenvalue weighted by Gasteiger charge is 2.09. The number of aryl methyl sites for hydroxylation is 3. The van der Waals surface area contributed by atoms with E-state index in [-0.39, 0.29) is 0 Å². The molecule has 0 fully saturated rings. The van der Waals surface area contributed by atoms with E-state index in [0.717, 1.165) is 24.2 Å². The number of hydrogen-bond acceptors (Lipinski definition) is 3. The van der Waals surface area contributed by atoms with Crippen LogP contribution in [0.3, 0.4) is 0 Å². The first-order chi connectivity index (χ1) is 9.52. The predicted molar refractivity (Wildman–Crippen MR) is 89.9 cm³/mol. The normalized spacial score (nSPS) is 11.5. The van der Waals surface area contributed by atoms with E-state index in [4.69, 9.17) is 4.98 Å². The maximum Gasteiger partial charge on any atom is 0.1000 e. The van der Waals surface area contributed by atoms with Crippen LogP contribution >= 0.6 is 11.8 Å². The fourth-order valence-electron chi connectivity index (χ4n) is 2.21. The van der Waals surface area contributed by atoms with Crippen LogP contribution in [0.15, 0.2) is 23.2 Å². The summed E-state index contributed by atoms with van der Waals surface area (Å²) in [4.78, 5) is 7.16. The lowest BCUT2D eigenvalue weighted by Gasteiger charge is -2.13. The van der Waals surface area contributed by atoms with Gasteiger partial charge in [0.05, 0.1) is 10.5 Å². The molecule has 0 aliphatic carbocycles. The molecule has 3 heteroatoms. The average molecular weight is 288 g/mol. The van der Waals surface area contributed by atoms with Gasteiger partial charge in [-0.05, 0) is 57.1 Å². The van der Waals surface area contributed by atoms with Crippen molar-refractivity contribution >= 4 is 22.7 Å². The van der Waals surface area contributed by atoms with Crippen LogP contribution in [0.25, 0.3) is 10.9 Å². The second kappa shape index (κ2) is 6.59. The number of hydrogen-bond donors (Lipinski definition) is 0. The molecule has 20 heavy (non-hydrogen) atoms. The third kappa shape index (κ3) is 3.33. The van der Waals surface area contributed by atoms with Crippen LogP contribution < -0.4 is 0 Å². The van der Waals surface area contributed by atoms with Crippen molar-refractivity contribution in [1.82, 2.24) is 9.88 Å². The van der Waals surface area contributed by atoms with Gasteiger partial charge in [-0.15, -0.1) is 11.8 Å². The molecule has 0 aliphatic rings. The van der Waals surface area contributed by atoms with Crippen LogP contribution in [0.2, 0.25) is 0 Å². The highest BCUT2D eigenvalue weighted by Crippen LogP contribution is 2.28. The standard InChI is InChI=1S/C17H24N2S/c1-6-14-11-15-8-7-12(2)13(3)16(15)18-17(14)20-10-9-19(4)5/h7-8,11H,6,9-10H2,1-5H3. The summed E-state index contributed by atoms with van der Waals surface area (Å²) in [5, 5.41) is 2.47. The molecule has 2 aromatic rings. The number of aromatic nitrogens is 1. The minimum atomic E-state index is 1.04. The van der Waals surface area contributed by atoms with E-state index < -0.39 is 0 Å². The van der Waals surface area contributed by atoms with Gasteiger partial charge >= 0.3 is 0 Å². The molecule has 0 N–H and O–H groups in total. The molecule has 108 valence electrons. The second-order valence-electron chi connectivity index (χ2n) is 5.54. The summed E-state index contributed by atoms with van der Waals surface area (Å²) in [5.74, 6) is 1.09. The van der Waals surface area contributed by atoms with Gasteiger partial charge in [-0.2, -0.15) is 0 Å². The van der Waals surface area contributed by atoms with Crippen molar-refractivity contribution in [1.29, 1.82) is 0 Å². The van der Waals surface area contributed by atoms with E-state index in [2.05, 4.69) is 58.0 Å². The van der Waals surface area contributed by atoms with E-state index in [9.17, 15) is 0 Å². The number of fused-ring (bicyclic) bond motifs is 1. The Morgan fingerprint density at radius 1 is 1.20 bits per heavy atom. The molecule has 0 amide bonds. The molecule has 2 nitrogen and oxygen atoms in total. The van der Waals surface area contributed by atoms with Crippen LogP contribution in [0.1, 0.15) is 23.6 Å². The Morgan fingerprint density at radius 3 is 2.60 bits per heavy atom. The van der Waals surface area contributed by atoms with E-state index in [0.29, 0.717) is 0 Å². The molecule has 0 saturated carbocycles. The zero-order valence-corrected chi connectivity index (χ0v) is 14.0. The van der Waals surface area contributed by atoms with Gasteiger partial charge in [0.15, 0.2) is 0 Å². The Bertz CT molecular complexity index is 605. The van der Waals surface area contributed by atoms with E-state index >= 15 is 0 Å². The Balaban J connectivity index is 2.39. The molecular formula is C17H24N2S. The van der Waals surface area contributed by atoms with Crippen molar-refractivity contribution in [3.63, 3.8) is 0 Å². The molecule has 0 bridgehead atoms. The van der Waals surface area contributed by atoms with Crippen molar-refractivity contribution in [3.05, 3.63) is 34.9 Å². The first kappa shape index (κ1) is 15.3. The van der Waals surface area contributed by atoms with Crippen molar-refractivity contribution < 1.29 is 0 Å². The maximum absolute atomic E-state index is 4.95. The minimum absolute atomic E-state index is 1.04. The van der Waals surface area contributed by atoms with Crippen LogP contribution in [0.4, 0.5) is 0 Å². The summed E-state index contributed by atoms with van der Waals surface area (Å²) in [6.07, 6.45) is 1.04. The Hall–Kier alpha value is -1.06. The smallest absolute Gasteiger partial charge is 0.1000 e. The van der Waals surface area contributed by atoms with Gasteiger partial charge < -0.3 is 4.90 Å². The summed E-state index contributed by atoms with van der Waals surface area (Å²) in [7, 11) is 4.23. The monoisotopic (exact) mass is 288 g/mol. The molecule has 1 aromatic carbocycles. The lowest BCUT2D eigenvalue weighted by molar-refractivity contribution is 0.437. The van der Waals surface area contributed by atoms with E-state index in [1.807, 2.05) is 11.8 Å². The first-order valence-electron chi connectivity index (χ1n) is 7.20. The van der Waals surface area contributed by atoms with Gasteiger partial charge in [-0.1, -0.05) is 19.1 Å². The molecule has 0 spiro atoms. The quantitative estimate of drug-likeness (QED) is 0.772. The number of pyridine rings is 1. The molecule has 1 heterocycles. The molecule has 0 aliphatic heterocycles. The number of benzene rings is 1. The van der Waals surface area contributed by atoms with Crippen molar-refractivity contribution in [3.8, 4) is 0 Å². The number of rotatable bonds is 5. The highest BCUT2D eigenvalue weighted by atomic mass is 32.2. The third-order valence-electron chi connectivity index (χ3n) is 3.71. The zero-order valence-electron chi connectivity index (χ0n) is 13.2. The lowest BCUT2D eigenvalue weighted by atomic mass is 10.0. The van der Waals surface area contributed by atoms with Gasteiger partial charge in [-0.25, -0.2) is 4.98 Å². The van der Waals surface area contributed by atoms with E-state index in [1.54, 1.807) is 0 Å².